The van der Waals surface area contributed by atoms with Gasteiger partial charge < -0.3 is 24.1 Å². The van der Waals surface area contributed by atoms with E-state index in [0.717, 1.165) is 36.4 Å². The Morgan fingerprint density at radius 1 is 1.30 bits per heavy atom. The zero-order valence-electron chi connectivity index (χ0n) is 17.0. The highest BCUT2D eigenvalue weighted by Crippen LogP contribution is 2.50. The van der Waals surface area contributed by atoms with Crippen LogP contribution in [0.3, 0.4) is 0 Å². The lowest BCUT2D eigenvalue weighted by molar-refractivity contribution is -0.159. The molecule has 160 valence electrons. The summed E-state index contributed by atoms with van der Waals surface area (Å²) in [7, 11) is 0. The first kappa shape index (κ1) is 19.4. The Kier molecular flexibility index (Phi) is 4.71. The van der Waals surface area contributed by atoms with Crippen LogP contribution in [0, 0.1) is 0 Å². The fourth-order valence-corrected chi connectivity index (χ4v) is 5.20. The third-order valence-corrected chi connectivity index (χ3v) is 6.34. The molecule has 8 heteroatoms. The smallest absolute Gasteiger partial charge is 0.310 e. The minimum Gasteiger partial charge on any atom is -0.462 e. The summed E-state index contributed by atoms with van der Waals surface area (Å²) in [6.45, 7) is 4.84. The molecule has 0 unspecified atom stereocenters. The van der Waals surface area contributed by atoms with E-state index in [9.17, 15) is 14.7 Å². The largest absolute Gasteiger partial charge is 0.462 e. The van der Waals surface area contributed by atoms with E-state index in [1.165, 1.54) is 12.5 Å². The molecular formula is C22H25NO7. The van der Waals surface area contributed by atoms with E-state index in [-0.39, 0.29) is 25.2 Å². The number of carbonyl (C=O) groups excluding carboxylic acids is 2. The summed E-state index contributed by atoms with van der Waals surface area (Å²) >= 11 is 0. The van der Waals surface area contributed by atoms with Gasteiger partial charge in [-0.15, -0.1) is 0 Å². The van der Waals surface area contributed by atoms with Crippen LogP contribution < -0.4 is 9.47 Å². The number of rotatable bonds is 4. The molecule has 5 rings (SSSR count). The molecule has 1 aliphatic carbocycles. The molecule has 30 heavy (non-hydrogen) atoms. The zero-order chi connectivity index (χ0) is 21.0. The third-order valence-electron chi connectivity index (χ3n) is 6.34. The topological polar surface area (TPSA) is 94.5 Å². The van der Waals surface area contributed by atoms with E-state index in [1.807, 2.05) is 18.2 Å². The van der Waals surface area contributed by atoms with Crippen LogP contribution in [0.1, 0.15) is 43.7 Å². The Hall–Kier alpha value is -2.58. The molecule has 0 aromatic heterocycles. The van der Waals surface area contributed by atoms with Crippen LogP contribution >= 0.6 is 0 Å². The van der Waals surface area contributed by atoms with Crippen molar-refractivity contribution in [2.75, 3.05) is 13.3 Å². The van der Waals surface area contributed by atoms with Crippen molar-refractivity contribution in [2.45, 2.75) is 63.5 Å². The fourth-order valence-electron chi connectivity index (χ4n) is 5.20. The van der Waals surface area contributed by atoms with Gasteiger partial charge in [-0.05, 0) is 42.7 Å². The van der Waals surface area contributed by atoms with Gasteiger partial charge in [0, 0.05) is 32.0 Å². The van der Waals surface area contributed by atoms with E-state index >= 15 is 0 Å². The van der Waals surface area contributed by atoms with Crippen molar-refractivity contribution in [3.05, 3.63) is 34.9 Å². The Balaban J connectivity index is 1.41. The molecule has 0 radical (unpaired) electrons. The summed E-state index contributed by atoms with van der Waals surface area (Å²) in [6, 6.07) is 4.06. The highest BCUT2D eigenvalue weighted by Gasteiger charge is 2.50. The lowest BCUT2D eigenvalue weighted by Gasteiger charge is -2.45. The average Bonchev–Trinajstić information content (AvgIpc) is 3.29. The zero-order valence-corrected chi connectivity index (χ0v) is 17.0. The van der Waals surface area contributed by atoms with Gasteiger partial charge in [-0.25, -0.2) is 0 Å². The van der Waals surface area contributed by atoms with Gasteiger partial charge in [0.15, 0.2) is 11.5 Å². The number of fused-ring (bicyclic) bond motifs is 3. The number of carbonyl (C=O) groups is 2. The predicted octanol–water partition coefficient (Wildman–Crippen LogP) is 1.64. The molecule has 1 N–H and O–H groups in total. The number of hydrogen-bond acceptors (Lipinski definition) is 8. The number of hydrogen-bond donors (Lipinski definition) is 1. The van der Waals surface area contributed by atoms with Crippen molar-refractivity contribution in [3.63, 3.8) is 0 Å². The van der Waals surface area contributed by atoms with Crippen molar-refractivity contribution >= 4 is 11.9 Å². The molecule has 1 saturated heterocycles. The van der Waals surface area contributed by atoms with Gasteiger partial charge in [-0.3, -0.25) is 14.5 Å². The van der Waals surface area contributed by atoms with Crippen LogP contribution in [0.25, 0.3) is 0 Å². The molecule has 3 heterocycles. The van der Waals surface area contributed by atoms with E-state index in [1.54, 1.807) is 6.92 Å². The normalized spacial score (nSPS) is 29.5. The maximum absolute atomic E-state index is 12.4. The van der Waals surface area contributed by atoms with Gasteiger partial charge in [0.2, 0.25) is 6.79 Å². The van der Waals surface area contributed by atoms with Crippen LogP contribution in [-0.2, 0) is 25.6 Å². The first-order valence-electron chi connectivity index (χ1n) is 10.3. The van der Waals surface area contributed by atoms with Crippen molar-refractivity contribution in [3.8, 4) is 11.5 Å². The number of aliphatic hydroxyl groups is 1. The molecule has 0 spiro atoms. The summed E-state index contributed by atoms with van der Waals surface area (Å²) in [5.74, 6) is 0.262. The SMILES string of the molecule is CC(=O)O[C@H](C)CC(=O)O[C@H]1C=C2CCN3Cc4cc5c(cc4[C@H]([C@@H]1O)[C@@H]23)OCO5. The molecule has 0 saturated carbocycles. The maximum atomic E-state index is 12.4. The van der Waals surface area contributed by atoms with Crippen LogP contribution in [0.5, 0.6) is 11.5 Å². The molecule has 3 aliphatic heterocycles. The summed E-state index contributed by atoms with van der Waals surface area (Å²) in [5.41, 5.74) is 3.32. The number of nitrogens with zero attached hydrogens (tertiary/aromatic N) is 1. The van der Waals surface area contributed by atoms with E-state index < -0.39 is 30.3 Å². The Morgan fingerprint density at radius 2 is 2.07 bits per heavy atom. The Labute approximate surface area is 174 Å². The second-order valence-corrected chi connectivity index (χ2v) is 8.41. The standard InChI is InChI=1S/C22H25NO7/c1-11(29-12(2)24)5-19(25)30-18-6-13-3-4-23-9-14-7-16-17(28-10-27-16)8-15(14)20(21(13)23)22(18)26/h6-8,11,18,20-22,26H,3-5,9-10H2,1-2H3/t11-,18+,20+,21-,22-/m1/s1. The van der Waals surface area contributed by atoms with Crippen LogP contribution in [0.2, 0.25) is 0 Å². The summed E-state index contributed by atoms with van der Waals surface area (Å²) in [5, 5.41) is 11.2. The van der Waals surface area contributed by atoms with E-state index in [0.29, 0.717) is 5.75 Å². The van der Waals surface area contributed by atoms with E-state index in [2.05, 4.69) is 4.90 Å². The first-order chi connectivity index (χ1) is 14.4. The van der Waals surface area contributed by atoms with Crippen molar-refractivity contribution < 1.29 is 33.6 Å². The lowest BCUT2D eigenvalue weighted by atomic mass is 9.73. The molecule has 1 aromatic carbocycles. The summed E-state index contributed by atoms with van der Waals surface area (Å²) < 4.78 is 21.7. The van der Waals surface area contributed by atoms with Gasteiger partial charge >= 0.3 is 11.9 Å². The monoisotopic (exact) mass is 415 g/mol. The number of esters is 2. The lowest BCUT2D eigenvalue weighted by Crippen LogP contribution is -2.51. The van der Waals surface area contributed by atoms with E-state index in [4.69, 9.17) is 18.9 Å². The predicted molar refractivity (Wildman–Crippen MR) is 104 cm³/mol. The van der Waals surface area contributed by atoms with Crippen LogP contribution in [-0.4, -0.2) is 59.6 Å². The molecule has 1 aromatic rings. The van der Waals surface area contributed by atoms with Crippen LogP contribution in [0.15, 0.2) is 23.8 Å². The van der Waals surface area contributed by atoms with Gasteiger partial charge in [0.05, 0.1) is 6.42 Å². The number of ether oxygens (including phenoxy) is 4. The minimum absolute atomic E-state index is 0.0541. The molecule has 0 amide bonds. The Bertz CT molecular complexity index is 926. The minimum atomic E-state index is -0.883. The quantitative estimate of drug-likeness (QED) is 0.586. The Morgan fingerprint density at radius 3 is 2.83 bits per heavy atom. The summed E-state index contributed by atoms with van der Waals surface area (Å²) in [6.07, 6.45) is 0.529. The highest BCUT2D eigenvalue weighted by molar-refractivity contribution is 5.72. The molecular weight excluding hydrogens is 390 g/mol. The third kappa shape index (κ3) is 3.24. The molecule has 8 nitrogen and oxygen atoms in total. The highest BCUT2D eigenvalue weighted by atomic mass is 16.7. The molecule has 0 bridgehead atoms. The average molecular weight is 415 g/mol. The van der Waals surface area contributed by atoms with Gasteiger partial charge in [0.1, 0.15) is 18.3 Å². The maximum Gasteiger partial charge on any atom is 0.310 e. The van der Waals surface area contributed by atoms with Crippen molar-refractivity contribution in [1.29, 1.82) is 0 Å². The van der Waals surface area contributed by atoms with Gasteiger partial charge in [-0.1, -0.05) is 5.57 Å². The second kappa shape index (κ2) is 7.28. The van der Waals surface area contributed by atoms with Crippen molar-refractivity contribution in [1.82, 2.24) is 4.90 Å². The fraction of sp³-hybridized carbons (Fsp3) is 0.545. The number of benzene rings is 1. The van der Waals surface area contributed by atoms with Gasteiger partial charge in [-0.2, -0.15) is 0 Å². The number of aliphatic hydroxyl groups excluding tert-OH is 1. The summed E-state index contributed by atoms with van der Waals surface area (Å²) in [4.78, 5) is 25.8. The molecule has 4 aliphatic rings. The molecule has 5 atom stereocenters. The molecule has 1 fully saturated rings. The second-order valence-electron chi connectivity index (χ2n) is 8.41. The first-order valence-corrected chi connectivity index (χ1v) is 10.3. The van der Waals surface area contributed by atoms with Crippen molar-refractivity contribution in [2.24, 2.45) is 0 Å². The van der Waals surface area contributed by atoms with Crippen LogP contribution in [0.4, 0.5) is 0 Å². The van der Waals surface area contributed by atoms with Gasteiger partial charge in [0.25, 0.3) is 0 Å².